The molecule has 0 aliphatic heterocycles. The predicted octanol–water partition coefficient (Wildman–Crippen LogP) is 34.5. The van der Waals surface area contributed by atoms with Gasteiger partial charge >= 0.3 is 0 Å². The van der Waals surface area contributed by atoms with Crippen molar-refractivity contribution >= 4 is 98.7 Å². The van der Waals surface area contributed by atoms with E-state index in [1.165, 1.54) is 26.9 Å². The molecule has 20 aromatic carbocycles. The van der Waals surface area contributed by atoms with Gasteiger partial charge in [-0.05, 0) is 174 Å². The van der Waals surface area contributed by atoms with Crippen LogP contribution in [0.2, 0.25) is 0 Å². The molecule has 0 N–H and O–H groups in total. The second-order valence-electron chi connectivity index (χ2n) is 37.1. The Morgan fingerprint density at radius 1 is 0.133 bits per heavy atom. The van der Waals surface area contributed by atoms with E-state index in [9.17, 15) is 0 Å². The summed E-state index contributed by atoms with van der Waals surface area (Å²) in [6.45, 7) is 0. The Morgan fingerprint density at radius 2 is 0.373 bits per heavy atom. The van der Waals surface area contributed by atoms with Gasteiger partial charge in [0.25, 0.3) is 0 Å². The zero-order valence-electron chi connectivity index (χ0n) is 80.7. The molecule has 15 heteroatoms. The average molecular weight is 1920 g/mol. The topological polar surface area (TPSA) is 170 Å². The zero-order valence-corrected chi connectivity index (χ0v) is 80.7. The predicted molar refractivity (Wildman–Crippen MR) is 608 cm³/mol. The molecule has 0 saturated heterocycles. The largest absolute Gasteiger partial charge is 0.436 e. The van der Waals surface area contributed by atoms with E-state index in [4.69, 9.17) is 58.1 Å². The summed E-state index contributed by atoms with van der Waals surface area (Å²) in [7, 11) is 0. The molecule has 0 aliphatic carbocycles. The Morgan fingerprint density at radius 3 is 0.707 bits per heavy atom. The third-order valence-corrected chi connectivity index (χ3v) is 27.8. The van der Waals surface area contributed by atoms with Crippen LogP contribution in [0.25, 0.3) is 274 Å². The first-order valence-electron chi connectivity index (χ1n) is 50.0. The van der Waals surface area contributed by atoms with Crippen molar-refractivity contribution in [3.8, 4) is 175 Å². The minimum atomic E-state index is 0.605. The van der Waals surface area contributed by atoms with Crippen molar-refractivity contribution in [3.05, 3.63) is 522 Å². The number of para-hydroxylation sites is 9. The fraction of sp³-hybridized carbons (Fsp3) is 0. The molecule has 0 saturated carbocycles. The Hall–Kier alpha value is -20.6. The summed E-state index contributed by atoms with van der Waals surface area (Å²) in [5.41, 5.74) is 36.6. The average Bonchev–Trinajstić information content (AvgIpc) is 1.57. The van der Waals surface area contributed by atoms with Gasteiger partial charge < -0.3 is 27.0 Å². The molecule has 9 aromatic heterocycles. The summed E-state index contributed by atoms with van der Waals surface area (Å²) in [5, 5.41) is 7.11. The molecule has 0 bridgehead atoms. The standard InChI is InChI=1S/2C47H30N4O.C41H26N4O/c1-3-12-32(13-4-1)41-30-42(33-14-5-2-6-15-33)49-46(48-41)35-17-11-16-34(28-35)31-22-25-37(26-23-31)51-43-20-9-7-18-38(43)39-27-24-36(29-44(39)51)47-50-40-19-8-10-21-45(40)52-47;1-3-11-33(12-4-1)41-30-42(34-13-5-2-6-14-34)49-46(48-41)35-21-19-31(20-22-35)32-23-26-37(27-24-32)51-43-17-9-7-15-38(43)39-28-25-36(29-44(39)51)47-50-40-16-8-10-18-45(40)52-47;1-3-12-27(13-4-1)35-26-36(28-14-5-2-6-15-28)43-40(42-35)29-16-11-17-31(24-29)45-37-20-9-7-18-32(37)33-23-22-30(25-38(33)45)41-44-34-19-8-10-21-39(34)46-41/h2*1-30H;1-26H. The first-order valence-corrected chi connectivity index (χ1v) is 50.0. The summed E-state index contributed by atoms with van der Waals surface area (Å²) >= 11 is 0. The first-order chi connectivity index (χ1) is 74.3. The number of fused-ring (bicyclic) bond motifs is 12. The van der Waals surface area contributed by atoms with E-state index in [0.29, 0.717) is 35.1 Å². The van der Waals surface area contributed by atoms with Gasteiger partial charge in [0.2, 0.25) is 17.7 Å². The molecule has 0 unspecified atom stereocenters. The SMILES string of the molecule is c1ccc(-c2cc(-c3ccccc3)nc(-c3ccc(-c4ccc(-n5c6ccccc6c6ccc(-c7nc8ccccc8o7)cc65)cc4)cc3)n2)cc1.c1ccc(-c2cc(-c3ccccc3)nc(-c3cccc(-c4ccc(-n5c6ccccc6c6ccc(-c7nc8ccccc8o7)cc65)cc4)c3)n2)cc1.c1ccc(-c2cc(-c3ccccc3)nc(-c3cccc(-n4c5ccccc5c5ccc(-c6nc7ccccc7o6)cc54)c3)n2)cc1. The fourth-order valence-corrected chi connectivity index (χ4v) is 20.4. The zero-order chi connectivity index (χ0) is 99.3. The quantitative estimate of drug-likeness (QED) is 0.0846. The van der Waals surface area contributed by atoms with Crippen molar-refractivity contribution in [1.29, 1.82) is 0 Å². The Kier molecular flexibility index (Phi) is 22.6. The minimum Gasteiger partial charge on any atom is -0.436 e. The number of hydrogen-bond donors (Lipinski definition) is 0. The number of oxazole rings is 3. The molecule has 150 heavy (non-hydrogen) atoms. The smallest absolute Gasteiger partial charge is 0.227 e. The highest BCUT2D eigenvalue weighted by Gasteiger charge is 2.24. The van der Waals surface area contributed by atoms with Crippen LogP contribution in [0.3, 0.4) is 0 Å². The van der Waals surface area contributed by atoms with Crippen LogP contribution in [0.1, 0.15) is 0 Å². The third kappa shape index (κ3) is 17.0. The van der Waals surface area contributed by atoms with Crippen LogP contribution in [0.5, 0.6) is 0 Å². The lowest BCUT2D eigenvalue weighted by molar-refractivity contribution is 0.619. The molecular formula is C135H86N12O3. The maximum absolute atomic E-state index is 6.16. The fourth-order valence-electron chi connectivity index (χ4n) is 20.4. The summed E-state index contributed by atoms with van der Waals surface area (Å²) < 4.78 is 25.4. The second kappa shape index (κ2) is 38.3. The van der Waals surface area contributed by atoms with Gasteiger partial charge in [-0.15, -0.1) is 0 Å². The van der Waals surface area contributed by atoms with Crippen LogP contribution in [0, 0.1) is 0 Å². The van der Waals surface area contributed by atoms with Crippen molar-refractivity contribution in [2.45, 2.75) is 0 Å². The van der Waals surface area contributed by atoms with E-state index in [1.807, 2.05) is 182 Å². The van der Waals surface area contributed by atoms with Crippen molar-refractivity contribution in [2.75, 3.05) is 0 Å². The van der Waals surface area contributed by atoms with Crippen LogP contribution in [-0.4, -0.2) is 58.6 Å². The normalized spacial score (nSPS) is 11.5. The van der Waals surface area contributed by atoms with E-state index in [-0.39, 0.29) is 0 Å². The summed E-state index contributed by atoms with van der Waals surface area (Å²) in [4.78, 5) is 44.6. The molecular weight excluding hydrogens is 1840 g/mol. The summed E-state index contributed by atoms with van der Waals surface area (Å²) in [6, 6.07) is 180. The molecule has 0 radical (unpaired) electrons. The lowest BCUT2D eigenvalue weighted by Gasteiger charge is -2.12. The van der Waals surface area contributed by atoms with Crippen LogP contribution >= 0.6 is 0 Å². The van der Waals surface area contributed by atoms with Crippen LogP contribution in [0.4, 0.5) is 0 Å². The molecule has 0 aliphatic rings. The van der Waals surface area contributed by atoms with E-state index < -0.39 is 0 Å². The van der Waals surface area contributed by atoms with E-state index in [1.54, 1.807) is 0 Å². The molecule has 9 heterocycles. The molecule has 0 spiro atoms. The van der Waals surface area contributed by atoms with Gasteiger partial charge in [-0.25, -0.2) is 44.9 Å². The number of nitrogens with zero attached hydrogens (tertiary/aromatic N) is 12. The van der Waals surface area contributed by atoms with E-state index in [2.05, 4.69) is 353 Å². The molecule has 0 fully saturated rings. The maximum atomic E-state index is 6.16. The van der Waals surface area contributed by atoms with Crippen molar-refractivity contribution < 1.29 is 13.3 Å². The minimum absolute atomic E-state index is 0.605. The van der Waals surface area contributed by atoms with Gasteiger partial charge in [0.15, 0.2) is 34.2 Å². The number of benzene rings is 20. The summed E-state index contributed by atoms with van der Waals surface area (Å²) in [5.74, 6) is 3.91. The molecule has 0 amide bonds. The van der Waals surface area contributed by atoms with Gasteiger partial charge in [0.05, 0.1) is 67.3 Å². The maximum Gasteiger partial charge on any atom is 0.227 e. The molecule has 0 atom stereocenters. The monoisotopic (exact) mass is 1920 g/mol. The van der Waals surface area contributed by atoms with Crippen LogP contribution in [-0.2, 0) is 0 Å². The van der Waals surface area contributed by atoms with E-state index in [0.717, 1.165) is 212 Å². The van der Waals surface area contributed by atoms with Crippen molar-refractivity contribution in [2.24, 2.45) is 0 Å². The Labute approximate surface area is 861 Å². The summed E-state index contributed by atoms with van der Waals surface area (Å²) in [6.07, 6.45) is 0. The Balaban J connectivity index is 0.000000111. The molecule has 704 valence electrons. The third-order valence-electron chi connectivity index (χ3n) is 27.8. The second-order valence-corrected chi connectivity index (χ2v) is 37.1. The number of rotatable bonds is 17. The molecule has 29 aromatic rings. The van der Waals surface area contributed by atoms with E-state index >= 15 is 0 Å². The van der Waals surface area contributed by atoms with Crippen molar-refractivity contribution in [1.82, 2.24) is 58.6 Å². The first kappa shape index (κ1) is 88.4. The van der Waals surface area contributed by atoms with Gasteiger partial charge in [0.1, 0.15) is 16.6 Å². The van der Waals surface area contributed by atoms with Crippen LogP contribution in [0.15, 0.2) is 535 Å². The Bertz CT molecular complexity index is 9860. The van der Waals surface area contributed by atoms with Crippen molar-refractivity contribution in [3.63, 3.8) is 0 Å². The van der Waals surface area contributed by atoms with Gasteiger partial charge in [-0.3, -0.25) is 0 Å². The number of hydrogen-bond acceptors (Lipinski definition) is 12. The highest BCUT2D eigenvalue weighted by atomic mass is 16.4. The highest BCUT2D eigenvalue weighted by molar-refractivity contribution is 6.13. The molecule has 29 rings (SSSR count). The lowest BCUT2D eigenvalue weighted by atomic mass is 10.0. The lowest BCUT2D eigenvalue weighted by Crippen LogP contribution is -1.98. The number of aromatic nitrogens is 12. The molecule has 15 nitrogen and oxygen atoms in total. The van der Waals surface area contributed by atoms with Gasteiger partial charge in [-0.1, -0.05) is 370 Å². The van der Waals surface area contributed by atoms with Gasteiger partial charge in [0, 0.05) is 116 Å². The highest BCUT2D eigenvalue weighted by Crippen LogP contribution is 2.44. The van der Waals surface area contributed by atoms with Crippen LogP contribution < -0.4 is 0 Å². The van der Waals surface area contributed by atoms with Gasteiger partial charge in [-0.2, -0.15) is 0 Å².